The van der Waals surface area contributed by atoms with Crippen molar-refractivity contribution in [2.45, 2.75) is 18.9 Å². The van der Waals surface area contributed by atoms with Crippen molar-refractivity contribution >= 4 is 0 Å². The van der Waals surface area contributed by atoms with E-state index in [4.69, 9.17) is 4.74 Å². The Morgan fingerprint density at radius 2 is 1.85 bits per heavy atom. The molecule has 0 aliphatic carbocycles. The molecule has 3 rings (SSSR count). The highest BCUT2D eigenvalue weighted by atomic mass is 19.1. The number of aliphatic hydroxyl groups is 1. The second-order valence-electron chi connectivity index (χ2n) is 4.96. The zero-order valence-corrected chi connectivity index (χ0v) is 10.8. The smallest absolute Gasteiger partial charge is 0.126 e. The molecule has 0 radical (unpaired) electrons. The maximum Gasteiger partial charge on any atom is 0.126 e. The molecule has 0 bridgehead atoms. The van der Waals surface area contributed by atoms with Gasteiger partial charge < -0.3 is 9.84 Å². The van der Waals surface area contributed by atoms with Crippen LogP contribution in [0.4, 0.5) is 8.78 Å². The Morgan fingerprint density at radius 1 is 1.10 bits per heavy atom. The van der Waals surface area contributed by atoms with Gasteiger partial charge in [-0.15, -0.1) is 0 Å². The number of fused-ring (bicyclic) bond motifs is 1. The van der Waals surface area contributed by atoms with E-state index in [0.717, 1.165) is 29.4 Å². The van der Waals surface area contributed by atoms with Gasteiger partial charge in [0.25, 0.3) is 0 Å². The van der Waals surface area contributed by atoms with E-state index in [2.05, 4.69) is 0 Å². The first-order valence-electron chi connectivity index (χ1n) is 6.50. The van der Waals surface area contributed by atoms with Crippen molar-refractivity contribution in [3.05, 3.63) is 64.7 Å². The van der Waals surface area contributed by atoms with Crippen LogP contribution in [0.2, 0.25) is 0 Å². The lowest BCUT2D eigenvalue weighted by atomic mass is 9.99. The number of benzene rings is 2. The zero-order chi connectivity index (χ0) is 14.1. The van der Waals surface area contributed by atoms with Crippen LogP contribution in [0, 0.1) is 11.6 Å². The van der Waals surface area contributed by atoms with E-state index in [0.29, 0.717) is 12.2 Å². The van der Waals surface area contributed by atoms with Crippen LogP contribution >= 0.6 is 0 Å². The number of aliphatic hydroxyl groups excluding tert-OH is 1. The summed E-state index contributed by atoms with van der Waals surface area (Å²) in [5, 5.41) is 10.2. The monoisotopic (exact) mass is 276 g/mol. The SMILES string of the molecule is OC(Cc1cc(F)cc(F)c1)c1ccc2c(c1)CCO2. The van der Waals surface area contributed by atoms with Crippen LogP contribution in [0.3, 0.4) is 0 Å². The molecule has 20 heavy (non-hydrogen) atoms. The van der Waals surface area contributed by atoms with E-state index >= 15 is 0 Å². The summed E-state index contributed by atoms with van der Waals surface area (Å²) in [5.41, 5.74) is 2.23. The molecule has 2 nitrogen and oxygen atoms in total. The molecule has 2 aromatic carbocycles. The first kappa shape index (κ1) is 13.1. The number of ether oxygens (including phenoxy) is 1. The second-order valence-corrected chi connectivity index (χ2v) is 4.96. The molecule has 1 aliphatic rings. The number of hydrogen-bond acceptors (Lipinski definition) is 2. The highest BCUT2D eigenvalue weighted by molar-refractivity contribution is 5.40. The Labute approximate surface area is 115 Å². The molecule has 1 N–H and O–H groups in total. The van der Waals surface area contributed by atoms with Gasteiger partial charge in [0.05, 0.1) is 12.7 Å². The second kappa shape index (κ2) is 5.21. The predicted molar refractivity (Wildman–Crippen MR) is 70.7 cm³/mol. The van der Waals surface area contributed by atoms with Crippen molar-refractivity contribution in [1.29, 1.82) is 0 Å². The molecule has 0 saturated heterocycles. The lowest BCUT2D eigenvalue weighted by Crippen LogP contribution is -2.03. The summed E-state index contributed by atoms with van der Waals surface area (Å²) in [7, 11) is 0. The maximum atomic E-state index is 13.1. The third-order valence-electron chi connectivity index (χ3n) is 3.45. The Hall–Kier alpha value is -1.94. The van der Waals surface area contributed by atoms with E-state index in [1.165, 1.54) is 12.1 Å². The summed E-state index contributed by atoms with van der Waals surface area (Å²) < 4.78 is 31.6. The quantitative estimate of drug-likeness (QED) is 0.933. The van der Waals surface area contributed by atoms with Crippen LogP contribution in [-0.2, 0) is 12.8 Å². The van der Waals surface area contributed by atoms with Crippen LogP contribution in [0.15, 0.2) is 36.4 Å². The number of rotatable bonds is 3. The molecule has 0 fully saturated rings. The number of hydrogen-bond donors (Lipinski definition) is 1. The van der Waals surface area contributed by atoms with E-state index in [1.807, 2.05) is 12.1 Å². The van der Waals surface area contributed by atoms with Gasteiger partial charge >= 0.3 is 0 Å². The molecule has 0 amide bonds. The van der Waals surface area contributed by atoms with Crippen molar-refractivity contribution < 1.29 is 18.6 Å². The van der Waals surface area contributed by atoms with E-state index in [9.17, 15) is 13.9 Å². The largest absolute Gasteiger partial charge is 0.493 e. The first-order valence-corrected chi connectivity index (χ1v) is 6.50. The third-order valence-corrected chi connectivity index (χ3v) is 3.45. The fourth-order valence-corrected chi connectivity index (χ4v) is 2.48. The molecule has 1 aliphatic heterocycles. The first-order chi connectivity index (χ1) is 9.61. The van der Waals surface area contributed by atoms with Crippen LogP contribution in [0.5, 0.6) is 5.75 Å². The van der Waals surface area contributed by atoms with Crippen molar-refractivity contribution in [3.8, 4) is 5.75 Å². The Bertz CT molecular complexity index is 620. The normalized spacial score (nSPS) is 14.8. The molecule has 1 unspecified atom stereocenters. The molecule has 2 aromatic rings. The molecule has 4 heteroatoms. The van der Waals surface area contributed by atoms with Crippen molar-refractivity contribution in [2.75, 3.05) is 6.61 Å². The van der Waals surface area contributed by atoms with Gasteiger partial charge in [0.1, 0.15) is 17.4 Å². The number of halogens is 2. The molecule has 0 spiro atoms. The topological polar surface area (TPSA) is 29.5 Å². The lowest BCUT2D eigenvalue weighted by molar-refractivity contribution is 0.178. The van der Waals surface area contributed by atoms with Crippen molar-refractivity contribution in [3.63, 3.8) is 0 Å². The molecular weight excluding hydrogens is 262 g/mol. The summed E-state index contributed by atoms with van der Waals surface area (Å²) in [6, 6.07) is 8.80. The van der Waals surface area contributed by atoms with Crippen molar-refractivity contribution in [1.82, 2.24) is 0 Å². The van der Waals surface area contributed by atoms with Gasteiger partial charge in [0.15, 0.2) is 0 Å². The standard InChI is InChI=1S/C16H14F2O2/c17-13-5-10(6-14(18)9-13)7-15(19)11-1-2-16-12(8-11)3-4-20-16/h1-2,5-6,8-9,15,19H,3-4,7H2. The van der Waals surface area contributed by atoms with Gasteiger partial charge in [0, 0.05) is 18.9 Å². The van der Waals surface area contributed by atoms with E-state index < -0.39 is 17.7 Å². The van der Waals surface area contributed by atoms with Crippen LogP contribution in [0.25, 0.3) is 0 Å². The third kappa shape index (κ3) is 2.65. The van der Waals surface area contributed by atoms with Gasteiger partial charge in [-0.25, -0.2) is 8.78 Å². The molecule has 0 saturated carbocycles. The molecule has 1 heterocycles. The summed E-state index contributed by atoms with van der Waals surface area (Å²) >= 11 is 0. The Morgan fingerprint density at radius 3 is 2.60 bits per heavy atom. The molecule has 0 aromatic heterocycles. The maximum absolute atomic E-state index is 13.1. The summed E-state index contributed by atoms with van der Waals surface area (Å²) in [4.78, 5) is 0. The fraction of sp³-hybridized carbons (Fsp3) is 0.250. The lowest BCUT2D eigenvalue weighted by Gasteiger charge is -2.12. The van der Waals surface area contributed by atoms with Crippen molar-refractivity contribution in [2.24, 2.45) is 0 Å². The average Bonchev–Trinajstić information content (AvgIpc) is 2.84. The van der Waals surface area contributed by atoms with Crippen LogP contribution < -0.4 is 4.74 Å². The summed E-state index contributed by atoms with van der Waals surface area (Å²) in [6.45, 7) is 0.657. The highest BCUT2D eigenvalue weighted by Gasteiger charge is 2.16. The van der Waals surface area contributed by atoms with E-state index in [1.54, 1.807) is 6.07 Å². The van der Waals surface area contributed by atoms with Crippen LogP contribution in [0.1, 0.15) is 22.8 Å². The summed E-state index contributed by atoms with van der Waals surface area (Å²) in [6.07, 6.45) is 0.209. The predicted octanol–water partition coefficient (Wildman–Crippen LogP) is 3.18. The summed E-state index contributed by atoms with van der Waals surface area (Å²) in [5.74, 6) is -0.415. The Balaban J connectivity index is 1.80. The fourth-order valence-electron chi connectivity index (χ4n) is 2.48. The zero-order valence-electron chi connectivity index (χ0n) is 10.8. The van der Waals surface area contributed by atoms with Gasteiger partial charge in [-0.1, -0.05) is 6.07 Å². The minimum atomic E-state index is -0.790. The average molecular weight is 276 g/mol. The van der Waals surface area contributed by atoms with E-state index in [-0.39, 0.29) is 6.42 Å². The van der Waals surface area contributed by atoms with Crippen LogP contribution in [-0.4, -0.2) is 11.7 Å². The van der Waals surface area contributed by atoms with Gasteiger partial charge in [-0.3, -0.25) is 0 Å². The molecule has 104 valence electrons. The van der Waals surface area contributed by atoms with Gasteiger partial charge in [-0.05, 0) is 41.0 Å². The minimum Gasteiger partial charge on any atom is -0.493 e. The molecule has 1 atom stereocenters. The molecular formula is C16H14F2O2. The minimum absolute atomic E-state index is 0.175. The highest BCUT2D eigenvalue weighted by Crippen LogP contribution is 2.29. The van der Waals surface area contributed by atoms with Gasteiger partial charge in [-0.2, -0.15) is 0 Å². The Kier molecular flexibility index (Phi) is 3.40. The van der Waals surface area contributed by atoms with Gasteiger partial charge in [0.2, 0.25) is 0 Å².